The molecule has 2 aromatic carbocycles. The Balaban J connectivity index is 1.63. The van der Waals surface area contributed by atoms with Crippen LogP contribution in [0.1, 0.15) is 42.9 Å². The largest absolute Gasteiger partial charge is 0.497 e. The van der Waals surface area contributed by atoms with Crippen molar-refractivity contribution in [3.63, 3.8) is 0 Å². The molecule has 28 heavy (non-hydrogen) atoms. The van der Waals surface area contributed by atoms with E-state index >= 15 is 0 Å². The van der Waals surface area contributed by atoms with Crippen molar-refractivity contribution in [2.45, 2.75) is 32.6 Å². The molecule has 0 saturated carbocycles. The van der Waals surface area contributed by atoms with E-state index in [0.717, 1.165) is 28.9 Å². The summed E-state index contributed by atoms with van der Waals surface area (Å²) >= 11 is 0. The molecule has 0 spiro atoms. The van der Waals surface area contributed by atoms with E-state index in [4.69, 9.17) is 4.74 Å². The fraction of sp³-hybridized carbons (Fsp3) is 0.240. The number of nitrogens with zero attached hydrogens (tertiary/aromatic N) is 1. The van der Waals surface area contributed by atoms with Gasteiger partial charge in [0.2, 0.25) is 0 Å². The molecule has 2 heterocycles. The monoisotopic (exact) mass is 370 g/mol. The average Bonchev–Trinajstić information content (AvgIpc) is 3.10. The van der Waals surface area contributed by atoms with Crippen molar-refractivity contribution >= 4 is 34.1 Å². The normalized spacial score (nSPS) is 11.6. The summed E-state index contributed by atoms with van der Waals surface area (Å²) < 4.78 is 5.22. The van der Waals surface area contributed by atoms with E-state index in [0.29, 0.717) is 0 Å². The number of ether oxygens (including phenoxy) is 1. The first-order valence-electron chi connectivity index (χ1n) is 9.99. The fourth-order valence-corrected chi connectivity index (χ4v) is 3.56. The van der Waals surface area contributed by atoms with Gasteiger partial charge in [-0.25, -0.2) is 4.98 Å². The molecule has 4 rings (SSSR count). The molecule has 4 aromatic rings. The Morgan fingerprint density at radius 3 is 2.50 bits per heavy atom. The highest BCUT2D eigenvalue weighted by Crippen LogP contribution is 2.27. The van der Waals surface area contributed by atoms with E-state index in [9.17, 15) is 0 Å². The van der Waals surface area contributed by atoms with Gasteiger partial charge in [-0.05, 0) is 59.9 Å². The summed E-state index contributed by atoms with van der Waals surface area (Å²) in [6.07, 6.45) is 11.1. The third-order valence-corrected chi connectivity index (χ3v) is 5.18. The van der Waals surface area contributed by atoms with Crippen LogP contribution >= 0.6 is 0 Å². The number of methoxy groups -OCH3 is 1. The third-order valence-electron chi connectivity index (χ3n) is 5.18. The number of H-pyrrole nitrogens is 1. The molecule has 0 atom stereocenters. The molecule has 0 unspecified atom stereocenters. The quantitative estimate of drug-likeness (QED) is 0.293. The average molecular weight is 370 g/mol. The van der Waals surface area contributed by atoms with Crippen LogP contribution < -0.4 is 4.74 Å². The highest BCUT2D eigenvalue weighted by atomic mass is 16.5. The predicted octanol–water partition coefficient (Wildman–Crippen LogP) is 6.63. The number of hydrogen-bond acceptors (Lipinski definition) is 2. The van der Waals surface area contributed by atoms with Gasteiger partial charge in [-0.1, -0.05) is 50.1 Å². The van der Waals surface area contributed by atoms with E-state index in [-0.39, 0.29) is 0 Å². The zero-order valence-corrected chi connectivity index (χ0v) is 16.5. The summed E-state index contributed by atoms with van der Waals surface area (Å²) in [5.74, 6) is 0.875. The van der Waals surface area contributed by atoms with Crippen LogP contribution in [0.25, 0.3) is 34.1 Å². The van der Waals surface area contributed by atoms with Gasteiger partial charge < -0.3 is 9.72 Å². The molecule has 0 fully saturated rings. The van der Waals surface area contributed by atoms with Gasteiger partial charge in [0.05, 0.1) is 7.11 Å². The highest BCUT2D eigenvalue weighted by molar-refractivity contribution is 6.06. The van der Waals surface area contributed by atoms with Gasteiger partial charge in [0.1, 0.15) is 11.4 Å². The van der Waals surface area contributed by atoms with E-state index in [2.05, 4.69) is 65.4 Å². The maximum atomic E-state index is 5.22. The number of nitrogens with one attached hydrogen (secondary N) is 1. The smallest absolute Gasteiger partial charge is 0.138 e. The molecule has 1 N–H and O–H groups in total. The minimum atomic E-state index is 0.875. The molecular weight excluding hydrogens is 344 g/mol. The number of benzene rings is 2. The SMILES string of the molecule is CCCCCc1cnc2[nH]c3ccc(/C=C/c4ccc(OC)cc4)cc3c2c1. The lowest BCUT2D eigenvalue weighted by atomic mass is 10.1. The molecular formula is C25H26N2O. The third kappa shape index (κ3) is 3.94. The van der Waals surface area contributed by atoms with Crippen LogP contribution in [0.15, 0.2) is 54.7 Å². The number of fused-ring (bicyclic) bond motifs is 3. The maximum Gasteiger partial charge on any atom is 0.138 e. The van der Waals surface area contributed by atoms with Gasteiger partial charge in [-0.15, -0.1) is 0 Å². The van der Waals surface area contributed by atoms with Crippen molar-refractivity contribution in [1.82, 2.24) is 9.97 Å². The Morgan fingerprint density at radius 1 is 0.929 bits per heavy atom. The summed E-state index contributed by atoms with van der Waals surface area (Å²) in [5, 5.41) is 2.44. The van der Waals surface area contributed by atoms with Crippen LogP contribution in [-0.4, -0.2) is 17.1 Å². The molecule has 0 aliphatic carbocycles. The van der Waals surface area contributed by atoms with Gasteiger partial charge in [0, 0.05) is 22.5 Å². The topological polar surface area (TPSA) is 37.9 Å². The molecule has 0 aliphatic rings. The lowest BCUT2D eigenvalue weighted by Gasteiger charge is -2.01. The molecule has 3 heteroatoms. The fourth-order valence-electron chi connectivity index (χ4n) is 3.56. The Morgan fingerprint density at radius 2 is 1.71 bits per heavy atom. The number of hydrogen-bond donors (Lipinski definition) is 1. The van der Waals surface area contributed by atoms with Crippen LogP contribution in [0.2, 0.25) is 0 Å². The van der Waals surface area contributed by atoms with Crippen molar-refractivity contribution in [2.75, 3.05) is 7.11 Å². The van der Waals surface area contributed by atoms with Crippen molar-refractivity contribution in [3.05, 3.63) is 71.4 Å². The lowest BCUT2D eigenvalue weighted by molar-refractivity contribution is 0.415. The molecule has 3 nitrogen and oxygen atoms in total. The molecule has 0 aliphatic heterocycles. The van der Waals surface area contributed by atoms with Crippen molar-refractivity contribution in [2.24, 2.45) is 0 Å². The number of rotatable bonds is 7. The Labute approximate surface area is 166 Å². The lowest BCUT2D eigenvalue weighted by Crippen LogP contribution is -1.87. The molecule has 0 radical (unpaired) electrons. The molecule has 0 bridgehead atoms. The summed E-state index contributed by atoms with van der Waals surface area (Å²) in [6, 6.07) is 16.9. The Hall–Kier alpha value is -3.07. The first-order valence-corrected chi connectivity index (χ1v) is 9.99. The minimum Gasteiger partial charge on any atom is -0.497 e. The molecule has 2 aromatic heterocycles. The summed E-state index contributed by atoms with van der Waals surface area (Å²) in [6.45, 7) is 2.24. The zero-order chi connectivity index (χ0) is 19.3. The number of pyridine rings is 1. The first kappa shape index (κ1) is 18.3. The molecule has 0 amide bonds. The standard InChI is InChI=1S/C25H26N2O/c1-3-4-5-6-20-16-23-22-15-19(11-14-24(22)27-25(23)26-17-20)8-7-18-9-12-21(28-2)13-10-18/h7-17H,3-6H2,1-2H3,(H,26,27)/b8-7+. The summed E-state index contributed by atoms with van der Waals surface area (Å²) in [4.78, 5) is 8.09. The second-order valence-electron chi connectivity index (χ2n) is 7.23. The van der Waals surface area contributed by atoms with Crippen LogP contribution in [0.4, 0.5) is 0 Å². The minimum absolute atomic E-state index is 0.875. The van der Waals surface area contributed by atoms with E-state index in [1.807, 2.05) is 18.3 Å². The second-order valence-corrected chi connectivity index (χ2v) is 7.23. The van der Waals surface area contributed by atoms with Crippen molar-refractivity contribution in [3.8, 4) is 5.75 Å². The Kier molecular flexibility index (Phi) is 5.43. The van der Waals surface area contributed by atoms with Crippen molar-refractivity contribution in [1.29, 1.82) is 0 Å². The van der Waals surface area contributed by atoms with Crippen molar-refractivity contribution < 1.29 is 4.74 Å². The Bertz CT molecular complexity index is 1110. The number of aromatic amines is 1. The van der Waals surface area contributed by atoms with Gasteiger partial charge in [0.15, 0.2) is 0 Å². The van der Waals surface area contributed by atoms with E-state index in [1.54, 1.807) is 7.11 Å². The van der Waals surface area contributed by atoms with Gasteiger partial charge >= 0.3 is 0 Å². The van der Waals surface area contributed by atoms with Gasteiger partial charge in [-0.3, -0.25) is 0 Å². The summed E-state index contributed by atoms with van der Waals surface area (Å²) in [5.41, 5.74) is 5.75. The highest BCUT2D eigenvalue weighted by Gasteiger charge is 2.07. The molecule has 0 saturated heterocycles. The number of unbranched alkanes of at least 4 members (excludes halogenated alkanes) is 2. The second kappa shape index (κ2) is 8.30. The first-order chi connectivity index (χ1) is 13.8. The number of aromatic nitrogens is 2. The van der Waals surface area contributed by atoms with Gasteiger partial charge in [0.25, 0.3) is 0 Å². The predicted molar refractivity (Wildman–Crippen MR) is 119 cm³/mol. The van der Waals surface area contributed by atoms with Crippen LogP contribution in [0.5, 0.6) is 5.75 Å². The van der Waals surface area contributed by atoms with Crippen LogP contribution in [-0.2, 0) is 6.42 Å². The van der Waals surface area contributed by atoms with Crippen LogP contribution in [0, 0.1) is 0 Å². The zero-order valence-electron chi connectivity index (χ0n) is 16.5. The van der Waals surface area contributed by atoms with Crippen LogP contribution in [0.3, 0.4) is 0 Å². The number of aryl methyl sites for hydroxylation is 1. The van der Waals surface area contributed by atoms with Gasteiger partial charge in [-0.2, -0.15) is 0 Å². The van der Waals surface area contributed by atoms with E-state index in [1.165, 1.54) is 41.2 Å². The van der Waals surface area contributed by atoms with E-state index < -0.39 is 0 Å². The molecule has 142 valence electrons. The maximum absolute atomic E-state index is 5.22. The summed E-state index contributed by atoms with van der Waals surface area (Å²) in [7, 11) is 1.69.